The molecule has 0 aromatic heterocycles. The molecule has 3 heteroatoms. The minimum atomic E-state index is -0.143. The zero-order valence-corrected chi connectivity index (χ0v) is 8.77. The third kappa shape index (κ3) is 2.09. The molecule has 0 aliphatic rings. The summed E-state index contributed by atoms with van der Waals surface area (Å²) in [4.78, 5) is 0. The van der Waals surface area contributed by atoms with Crippen LogP contribution in [0, 0.1) is 0 Å². The summed E-state index contributed by atoms with van der Waals surface area (Å²) in [7, 11) is 0. The maximum atomic E-state index is 5.88. The van der Waals surface area contributed by atoms with E-state index >= 15 is 0 Å². The predicted octanol–water partition coefficient (Wildman–Crippen LogP) is 3.29. The Morgan fingerprint density at radius 2 is 2.25 bits per heavy atom. The van der Waals surface area contributed by atoms with Gasteiger partial charge in [0.2, 0.25) is 0 Å². The Morgan fingerprint density at radius 1 is 1.58 bits per heavy atom. The zero-order chi connectivity index (χ0) is 9.14. The highest BCUT2D eigenvalue weighted by atomic mass is 79.9. The van der Waals surface area contributed by atoms with Crippen LogP contribution in [0.5, 0.6) is 0 Å². The Morgan fingerprint density at radius 3 is 2.75 bits per heavy atom. The van der Waals surface area contributed by atoms with E-state index in [0.29, 0.717) is 5.02 Å². The van der Waals surface area contributed by atoms with Crippen molar-refractivity contribution in [2.45, 2.75) is 6.04 Å². The summed E-state index contributed by atoms with van der Waals surface area (Å²) in [6, 6.07) is 5.48. The Labute approximate surface area is 85.3 Å². The smallest absolute Gasteiger partial charge is 0.0551 e. The van der Waals surface area contributed by atoms with Crippen LogP contribution < -0.4 is 5.73 Å². The van der Waals surface area contributed by atoms with E-state index in [1.165, 1.54) is 0 Å². The van der Waals surface area contributed by atoms with Gasteiger partial charge in [-0.2, -0.15) is 0 Å². The molecule has 0 heterocycles. The van der Waals surface area contributed by atoms with E-state index < -0.39 is 0 Å². The van der Waals surface area contributed by atoms with Gasteiger partial charge < -0.3 is 5.73 Å². The standard InChI is InChI=1S/C9H9BrClN/c1-2-9(12)6-3-4-7(10)8(11)5-6/h2-5,9H,1,12H2/t9-/m1/s1. The lowest BCUT2D eigenvalue weighted by Crippen LogP contribution is -2.05. The second-order valence-electron chi connectivity index (χ2n) is 2.44. The lowest BCUT2D eigenvalue weighted by Gasteiger charge is -2.06. The van der Waals surface area contributed by atoms with Crippen molar-refractivity contribution in [3.8, 4) is 0 Å². The summed E-state index contributed by atoms with van der Waals surface area (Å²) in [5.41, 5.74) is 6.69. The van der Waals surface area contributed by atoms with Crippen molar-refractivity contribution < 1.29 is 0 Å². The third-order valence-corrected chi connectivity index (χ3v) is 2.81. The van der Waals surface area contributed by atoms with Crippen molar-refractivity contribution in [2.75, 3.05) is 0 Å². The van der Waals surface area contributed by atoms with Crippen molar-refractivity contribution in [3.63, 3.8) is 0 Å². The van der Waals surface area contributed by atoms with Crippen LogP contribution in [0.25, 0.3) is 0 Å². The molecule has 2 N–H and O–H groups in total. The highest BCUT2D eigenvalue weighted by Gasteiger charge is 2.03. The largest absolute Gasteiger partial charge is 0.321 e. The minimum absolute atomic E-state index is 0.143. The van der Waals surface area contributed by atoms with Gasteiger partial charge in [-0.25, -0.2) is 0 Å². The van der Waals surface area contributed by atoms with Crippen LogP contribution in [0.2, 0.25) is 5.02 Å². The van der Waals surface area contributed by atoms with Crippen molar-refractivity contribution in [1.29, 1.82) is 0 Å². The monoisotopic (exact) mass is 245 g/mol. The van der Waals surface area contributed by atoms with E-state index in [0.717, 1.165) is 10.0 Å². The molecule has 0 saturated carbocycles. The summed E-state index contributed by atoms with van der Waals surface area (Å²) < 4.78 is 0.879. The average Bonchev–Trinajstić information content (AvgIpc) is 2.08. The van der Waals surface area contributed by atoms with Gasteiger partial charge in [0, 0.05) is 10.5 Å². The molecule has 0 radical (unpaired) electrons. The molecule has 0 spiro atoms. The number of nitrogens with two attached hydrogens (primary N) is 1. The average molecular weight is 247 g/mol. The SMILES string of the molecule is C=C[C@@H](N)c1ccc(Br)c(Cl)c1. The maximum absolute atomic E-state index is 5.88. The molecule has 0 unspecified atom stereocenters. The molecular formula is C9H9BrClN. The topological polar surface area (TPSA) is 26.0 Å². The second kappa shape index (κ2) is 4.08. The molecule has 0 saturated heterocycles. The van der Waals surface area contributed by atoms with E-state index in [-0.39, 0.29) is 6.04 Å². The summed E-state index contributed by atoms with van der Waals surface area (Å²) in [5.74, 6) is 0. The van der Waals surface area contributed by atoms with Crippen LogP contribution in [-0.4, -0.2) is 0 Å². The van der Waals surface area contributed by atoms with Crippen LogP contribution >= 0.6 is 27.5 Å². The number of hydrogen-bond acceptors (Lipinski definition) is 1. The zero-order valence-electron chi connectivity index (χ0n) is 6.43. The van der Waals surface area contributed by atoms with Gasteiger partial charge >= 0.3 is 0 Å². The molecule has 0 amide bonds. The molecule has 64 valence electrons. The molecule has 1 aromatic carbocycles. The first-order chi connectivity index (χ1) is 5.65. The molecule has 1 atom stereocenters. The fourth-order valence-corrected chi connectivity index (χ4v) is 1.29. The summed E-state index contributed by atoms with van der Waals surface area (Å²) >= 11 is 9.18. The van der Waals surface area contributed by atoms with Crippen molar-refractivity contribution >= 4 is 27.5 Å². The molecule has 0 aliphatic heterocycles. The summed E-state index contributed by atoms with van der Waals surface area (Å²) in [5, 5.41) is 0.671. The van der Waals surface area contributed by atoms with E-state index in [9.17, 15) is 0 Å². The van der Waals surface area contributed by atoms with Gasteiger partial charge in [-0.05, 0) is 33.6 Å². The Kier molecular flexibility index (Phi) is 3.32. The van der Waals surface area contributed by atoms with Gasteiger partial charge in [-0.3, -0.25) is 0 Å². The summed E-state index contributed by atoms with van der Waals surface area (Å²) in [6.07, 6.45) is 1.68. The third-order valence-electron chi connectivity index (χ3n) is 1.58. The molecule has 1 aromatic rings. The molecule has 12 heavy (non-hydrogen) atoms. The van der Waals surface area contributed by atoms with E-state index in [1.54, 1.807) is 6.08 Å². The van der Waals surface area contributed by atoms with E-state index in [4.69, 9.17) is 17.3 Å². The van der Waals surface area contributed by atoms with Crippen LogP contribution in [0.4, 0.5) is 0 Å². The normalized spacial score (nSPS) is 12.6. The molecule has 0 bridgehead atoms. The fourth-order valence-electron chi connectivity index (χ4n) is 0.856. The number of hydrogen-bond donors (Lipinski definition) is 1. The van der Waals surface area contributed by atoms with Gasteiger partial charge in [0.1, 0.15) is 0 Å². The van der Waals surface area contributed by atoms with Crippen molar-refractivity contribution in [3.05, 3.63) is 45.9 Å². The first kappa shape index (κ1) is 9.78. The number of rotatable bonds is 2. The highest BCUT2D eigenvalue weighted by Crippen LogP contribution is 2.25. The number of halogens is 2. The van der Waals surface area contributed by atoms with E-state index in [2.05, 4.69) is 22.5 Å². The lowest BCUT2D eigenvalue weighted by molar-refractivity contribution is 0.914. The van der Waals surface area contributed by atoms with Gasteiger partial charge in [-0.15, -0.1) is 6.58 Å². The Balaban J connectivity index is 3.04. The molecule has 0 aliphatic carbocycles. The maximum Gasteiger partial charge on any atom is 0.0551 e. The van der Waals surface area contributed by atoms with Gasteiger partial charge in [-0.1, -0.05) is 23.7 Å². The quantitative estimate of drug-likeness (QED) is 0.796. The summed E-state index contributed by atoms with van der Waals surface area (Å²) in [6.45, 7) is 3.61. The van der Waals surface area contributed by atoms with Crippen LogP contribution in [-0.2, 0) is 0 Å². The molecule has 1 nitrogen and oxygen atoms in total. The fraction of sp³-hybridized carbons (Fsp3) is 0.111. The first-order valence-corrected chi connectivity index (χ1v) is 4.65. The lowest BCUT2D eigenvalue weighted by atomic mass is 10.1. The predicted molar refractivity (Wildman–Crippen MR) is 56.3 cm³/mol. The number of benzene rings is 1. The van der Waals surface area contributed by atoms with Gasteiger partial charge in [0.25, 0.3) is 0 Å². The van der Waals surface area contributed by atoms with Crippen LogP contribution in [0.3, 0.4) is 0 Å². The Hall–Kier alpha value is -0.310. The van der Waals surface area contributed by atoms with Crippen molar-refractivity contribution in [2.24, 2.45) is 5.73 Å². The molecular weight excluding hydrogens is 237 g/mol. The molecule has 0 fully saturated rings. The van der Waals surface area contributed by atoms with Gasteiger partial charge in [0.15, 0.2) is 0 Å². The minimum Gasteiger partial charge on any atom is -0.321 e. The van der Waals surface area contributed by atoms with Crippen LogP contribution in [0.15, 0.2) is 35.3 Å². The van der Waals surface area contributed by atoms with Gasteiger partial charge in [0.05, 0.1) is 5.02 Å². The van der Waals surface area contributed by atoms with E-state index in [1.807, 2.05) is 18.2 Å². The highest BCUT2D eigenvalue weighted by molar-refractivity contribution is 9.10. The molecule has 1 rings (SSSR count). The first-order valence-electron chi connectivity index (χ1n) is 3.48. The van der Waals surface area contributed by atoms with Crippen molar-refractivity contribution in [1.82, 2.24) is 0 Å². The second-order valence-corrected chi connectivity index (χ2v) is 3.70. The Bertz CT molecular complexity index is 299. The van der Waals surface area contributed by atoms with Crippen LogP contribution in [0.1, 0.15) is 11.6 Å².